The number of amides is 2. The first-order valence-corrected chi connectivity index (χ1v) is 11.4. The van der Waals surface area contributed by atoms with E-state index in [0.717, 1.165) is 21.8 Å². The van der Waals surface area contributed by atoms with Gasteiger partial charge in [0, 0.05) is 17.8 Å². The Labute approximate surface area is 199 Å². The fraction of sp³-hybridized carbons (Fsp3) is 0.167. The number of carbonyl (C=O) groups is 3. The number of benzene rings is 1. The Kier molecular flexibility index (Phi) is 7.19. The van der Waals surface area contributed by atoms with Crippen molar-refractivity contribution in [3.8, 4) is 16.3 Å². The molecule has 10 heteroatoms. The van der Waals surface area contributed by atoms with Crippen LogP contribution in [-0.4, -0.2) is 47.5 Å². The van der Waals surface area contributed by atoms with Gasteiger partial charge >= 0.3 is 18.0 Å². The number of para-hydroxylation sites is 1. The molecule has 9 nitrogen and oxygen atoms in total. The molecule has 2 aromatic heterocycles. The predicted molar refractivity (Wildman–Crippen MR) is 127 cm³/mol. The fourth-order valence-electron chi connectivity index (χ4n) is 3.25. The van der Waals surface area contributed by atoms with Crippen molar-refractivity contribution in [2.24, 2.45) is 0 Å². The first-order valence-electron chi connectivity index (χ1n) is 10.5. The molecule has 0 radical (unpaired) electrons. The topological polar surface area (TPSA) is 112 Å². The third-order valence-corrected chi connectivity index (χ3v) is 5.73. The third kappa shape index (κ3) is 5.41. The normalized spacial score (nSPS) is 13.5. The molecule has 0 atom stereocenters. The summed E-state index contributed by atoms with van der Waals surface area (Å²) in [5.41, 5.74) is 2.77. The fourth-order valence-corrected chi connectivity index (χ4v) is 3.98. The minimum Gasteiger partial charge on any atom is -0.463 e. The highest BCUT2D eigenvalue weighted by Gasteiger charge is 2.24. The number of carbonyl (C=O) groups excluding carboxylic acids is 3. The maximum absolute atomic E-state index is 12.4. The Hall–Kier alpha value is -4.18. The number of nitrogens with zero attached hydrogens (tertiary/aromatic N) is 2. The number of urea groups is 1. The Balaban J connectivity index is 1.51. The van der Waals surface area contributed by atoms with Gasteiger partial charge in [0.25, 0.3) is 0 Å². The highest BCUT2D eigenvalue weighted by atomic mass is 32.1. The van der Waals surface area contributed by atoms with Crippen LogP contribution in [0.4, 0.5) is 4.79 Å². The Morgan fingerprint density at radius 1 is 1.18 bits per heavy atom. The van der Waals surface area contributed by atoms with Crippen LogP contribution in [-0.2, 0) is 19.1 Å². The smallest absolute Gasteiger partial charge is 0.337 e. The Morgan fingerprint density at radius 2 is 2.00 bits per heavy atom. The number of ether oxygens (including phenoxy) is 2. The average Bonchev–Trinajstić information content (AvgIpc) is 3.52. The number of hydrogen-bond donors (Lipinski definition) is 2. The number of nitrogens with one attached hydrogen (secondary N) is 2. The van der Waals surface area contributed by atoms with E-state index < -0.39 is 18.0 Å². The number of rotatable bonds is 8. The molecule has 0 unspecified atom stereocenters. The molecule has 1 aliphatic heterocycles. The molecule has 1 aliphatic rings. The second-order valence-corrected chi connectivity index (χ2v) is 8.06. The summed E-state index contributed by atoms with van der Waals surface area (Å²) in [6, 6.07) is 13.1. The van der Waals surface area contributed by atoms with Gasteiger partial charge in [-0.05, 0) is 36.6 Å². The van der Waals surface area contributed by atoms with E-state index in [1.165, 1.54) is 6.08 Å². The molecule has 34 heavy (non-hydrogen) atoms. The van der Waals surface area contributed by atoms with Crippen LogP contribution in [0.25, 0.3) is 22.3 Å². The number of hydrogen-bond acceptors (Lipinski definition) is 7. The van der Waals surface area contributed by atoms with Gasteiger partial charge < -0.3 is 20.1 Å². The van der Waals surface area contributed by atoms with Gasteiger partial charge in [0.2, 0.25) is 0 Å². The molecule has 0 saturated carbocycles. The highest BCUT2D eigenvalue weighted by Crippen LogP contribution is 2.28. The number of aromatic nitrogens is 2. The van der Waals surface area contributed by atoms with Crippen molar-refractivity contribution in [3.05, 3.63) is 77.0 Å². The van der Waals surface area contributed by atoms with E-state index in [9.17, 15) is 14.4 Å². The predicted octanol–water partition coefficient (Wildman–Crippen LogP) is 3.29. The quantitative estimate of drug-likeness (QED) is 0.380. The molecule has 4 rings (SSSR count). The van der Waals surface area contributed by atoms with Gasteiger partial charge in [-0.2, -0.15) is 5.10 Å². The minimum absolute atomic E-state index is 0.00374. The second kappa shape index (κ2) is 10.6. The first-order chi connectivity index (χ1) is 16.5. The van der Waals surface area contributed by atoms with E-state index in [2.05, 4.69) is 15.7 Å². The van der Waals surface area contributed by atoms with Crippen LogP contribution < -0.4 is 10.6 Å². The molecule has 3 aromatic rings. The summed E-state index contributed by atoms with van der Waals surface area (Å²) in [5.74, 6) is -1.21. The van der Waals surface area contributed by atoms with Gasteiger partial charge in [0.1, 0.15) is 12.3 Å². The lowest BCUT2D eigenvalue weighted by Crippen LogP contribution is -2.45. The van der Waals surface area contributed by atoms with Crippen molar-refractivity contribution in [1.82, 2.24) is 20.4 Å². The molecule has 0 spiro atoms. The third-order valence-electron chi connectivity index (χ3n) is 4.85. The highest BCUT2D eigenvalue weighted by molar-refractivity contribution is 7.13. The summed E-state index contributed by atoms with van der Waals surface area (Å²) in [4.78, 5) is 37.1. The SMILES string of the molecule is CCOC(=O)C1=C(COC(=O)/C=C/c2cn(-c3ccccc3)nc2-c2cccs2)NC(=O)NC1. The molecule has 0 bridgehead atoms. The maximum atomic E-state index is 12.4. The van der Waals surface area contributed by atoms with E-state index in [1.807, 2.05) is 54.0 Å². The lowest BCUT2D eigenvalue weighted by molar-refractivity contribution is -0.140. The van der Waals surface area contributed by atoms with Gasteiger partial charge in [-0.25, -0.2) is 19.1 Å². The van der Waals surface area contributed by atoms with Gasteiger partial charge in [-0.1, -0.05) is 24.3 Å². The summed E-state index contributed by atoms with van der Waals surface area (Å²) in [7, 11) is 0. The summed E-state index contributed by atoms with van der Waals surface area (Å²) < 4.78 is 12.0. The zero-order chi connectivity index (χ0) is 23.9. The van der Waals surface area contributed by atoms with Crippen molar-refractivity contribution in [1.29, 1.82) is 0 Å². The van der Waals surface area contributed by atoms with Gasteiger partial charge in [0.15, 0.2) is 0 Å². The molecule has 1 aromatic carbocycles. The average molecular weight is 479 g/mol. The summed E-state index contributed by atoms with van der Waals surface area (Å²) in [6.45, 7) is 1.60. The molecule has 174 valence electrons. The van der Waals surface area contributed by atoms with Crippen LogP contribution in [0.15, 0.2) is 71.4 Å². The molecular weight excluding hydrogens is 456 g/mol. The molecule has 0 saturated heterocycles. The van der Waals surface area contributed by atoms with Crippen LogP contribution >= 0.6 is 11.3 Å². The van der Waals surface area contributed by atoms with Gasteiger partial charge in [-0.15, -0.1) is 11.3 Å². The van der Waals surface area contributed by atoms with Crippen molar-refractivity contribution in [2.75, 3.05) is 19.8 Å². The molecule has 0 aliphatic carbocycles. The van der Waals surface area contributed by atoms with Crippen LogP contribution in [0.5, 0.6) is 0 Å². The van der Waals surface area contributed by atoms with Crippen molar-refractivity contribution < 1.29 is 23.9 Å². The van der Waals surface area contributed by atoms with E-state index in [0.29, 0.717) is 0 Å². The lowest BCUT2D eigenvalue weighted by Gasteiger charge is -2.20. The number of thiophene rings is 1. The molecular formula is C24H22N4O5S. The van der Waals surface area contributed by atoms with Crippen LogP contribution in [0.1, 0.15) is 12.5 Å². The summed E-state index contributed by atoms with van der Waals surface area (Å²) in [5, 5.41) is 11.6. The first kappa shape index (κ1) is 23.0. The number of esters is 2. The maximum Gasteiger partial charge on any atom is 0.337 e. The van der Waals surface area contributed by atoms with E-state index in [4.69, 9.17) is 9.47 Å². The largest absolute Gasteiger partial charge is 0.463 e. The summed E-state index contributed by atoms with van der Waals surface area (Å²) >= 11 is 1.55. The Morgan fingerprint density at radius 3 is 2.74 bits per heavy atom. The Bertz CT molecular complexity index is 1250. The van der Waals surface area contributed by atoms with Crippen molar-refractivity contribution >= 4 is 35.4 Å². The van der Waals surface area contributed by atoms with Crippen molar-refractivity contribution in [2.45, 2.75) is 6.92 Å². The molecule has 2 amide bonds. The van der Waals surface area contributed by atoms with Crippen LogP contribution in [0, 0.1) is 0 Å². The van der Waals surface area contributed by atoms with Crippen LogP contribution in [0.2, 0.25) is 0 Å². The zero-order valence-corrected chi connectivity index (χ0v) is 19.1. The van der Waals surface area contributed by atoms with Crippen molar-refractivity contribution in [3.63, 3.8) is 0 Å². The van der Waals surface area contributed by atoms with E-state index >= 15 is 0 Å². The minimum atomic E-state index is -0.631. The second-order valence-electron chi connectivity index (χ2n) is 7.12. The molecule has 2 N–H and O–H groups in total. The standard InChI is InChI=1S/C24H22N4O5S/c1-2-32-23(30)18-13-25-24(31)26-19(18)15-33-21(29)11-10-16-14-28(17-7-4-3-5-8-17)27-22(16)20-9-6-12-34-20/h3-12,14H,2,13,15H2,1H3,(H2,25,26,31)/b11-10+. The molecule has 0 fully saturated rings. The van der Waals surface area contributed by atoms with Crippen LogP contribution in [0.3, 0.4) is 0 Å². The monoisotopic (exact) mass is 478 g/mol. The van der Waals surface area contributed by atoms with E-state index in [1.54, 1.807) is 29.0 Å². The lowest BCUT2D eigenvalue weighted by atomic mass is 10.1. The van der Waals surface area contributed by atoms with E-state index in [-0.39, 0.29) is 31.0 Å². The zero-order valence-electron chi connectivity index (χ0n) is 18.3. The van der Waals surface area contributed by atoms with Gasteiger partial charge in [-0.3, -0.25) is 0 Å². The molecule has 3 heterocycles. The van der Waals surface area contributed by atoms with Gasteiger partial charge in [0.05, 0.1) is 35.0 Å². The summed E-state index contributed by atoms with van der Waals surface area (Å²) in [6.07, 6.45) is 4.75.